The van der Waals surface area contributed by atoms with Crippen molar-refractivity contribution in [2.24, 2.45) is 0 Å². The monoisotopic (exact) mass is 294 g/mol. The van der Waals surface area contributed by atoms with Crippen LogP contribution in [0.15, 0.2) is 16.7 Å². The van der Waals surface area contributed by atoms with Crippen LogP contribution in [-0.2, 0) is 5.33 Å². The summed E-state index contributed by atoms with van der Waals surface area (Å²) >= 11 is 6.25. The first-order chi connectivity index (χ1) is 5.65. The highest BCUT2D eigenvalue weighted by molar-refractivity contribution is 9.10. The summed E-state index contributed by atoms with van der Waals surface area (Å²) in [6.07, 6.45) is 0. The molecular formula is C6H4Br2N2O2. The van der Waals surface area contributed by atoms with Crippen LogP contribution in [0.3, 0.4) is 0 Å². The van der Waals surface area contributed by atoms with E-state index in [1.807, 2.05) is 0 Å². The van der Waals surface area contributed by atoms with E-state index in [1.165, 1.54) is 6.07 Å². The van der Waals surface area contributed by atoms with Crippen molar-refractivity contribution in [2.45, 2.75) is 5.33 Å². The minimum Gasteiger partial charge on any atom is -0.258 e. The summed E-state index contributed by atoms with van der Waals surface area (Å²) in [6.45, 7) is 0. The molecule has 64 valence electrons. The van der Waals surface area contributed by atoms with E-state index in [9.17, 15) is 10.1 Å². The van der Waals surface area contributed by atoms with E-state index in [-0.39, 0.29) is 5.69 Å². The Morgan fingerprint density at radius 1 is 1.58 bits per heavy atom. The van der Waals surface area contributed by atoms with Crippen molar-refractivity contribution < 1.29 is 4.92 Å². The van der Waals surface area contributed by atoms with Crippen molar-refractivity contribution in [1.29, 1.82) is 0 Å². The number of alkyl halides is 1. The zero-order valence-corrected chi connectivity index (χ0v) is 9.00. The normalized spacial score (nSPS) is 9.83. The molecule has 0 radical (unpaired) electrons. The molecule has 0 bridgehead atoms. The van der Waals surface area contributed by atoms with E-state index in [0.717, 1.165) is 0 Å². The molecule has 0 spiro atoms. The standard InChI is InChI=1S/C6H4Br2N2O2/c7-3-4-5(10(11)12)1-2-6(8)9-4/h1-2H,3H2. The molecule has 1 aromatic heterocycles. The van der Waals surface area contributed by atoms with E-state index < -0.39 is 4.92 Å². The minimum absolute atomic E-state index is 0.0371. The van der Waals surface area contributed by atoms with Crippen molar-refractivity contribution >= 4 is 37.5 Å². The molecule has 0 aliphatic heterocycles. The molecule has 12 heavy (non-hydrogen) atoms. The maximum absolute atomic E-state index is 10.4. The lowest BCUT2D eigenvalue weighted by atomic mass is 10.3. The van der Waals surface area contributed by atoms with Crippen LogP contribution < -0.4 is 0 Å². The highest BCUT2D eigenvalue weighted by Crippen LogP contribution is 2.21. The van der Waals surface area contributed by atoms with Gasteiger partial charge in [-0.3, -0.25) is 10.1 Å². The van der Waals surface area contributed by atoms with Crippen LogP contribution in [0, 0.1) is 10.1 Å². The molecule has 1 aromatic rings. The van der Waals surface area contributed by atoms with Crippen LogP contribution in [0.4, 0.5) is 5.69 Å². The lowest BCUT2D eigenvalue weighted by molar-refractivity contribution is -0.385. The second-order valence-corrected chi connectivity index (χ2v) is 3.36. The van der Waals surface area contributed by atoms with Crippen molar-refractivity contribution in [3.63, 3.8) is 0 Å². The van der Waals surface area contributed by atoms with Crippen LogP contribution in [0.2, 0.25) is 0 Å². The number of hydrogen-bond donors (Lipinski definition) is 0. The molecule has 1 rings (SSSR count). The zero-order chi connectivity index (χ0) is 9.14. The van der Waals surface area contributed by atoms with Crippen molar-refractivity contribution in [2.75, 3.05) is 0 Å². The van der Waals surface area contributed by atoms with Gasteiger partial charge in [0.2, 0.25) is 0 Å². The van der Waals surface area contributed by atoms with Gasteiger partial charge in [0.15, 0.2) is 0 Å². The number of pyridine rings is 1. The average molecular weight is 296 g/mol. The van der Waals surface area contributed by atoms with Gasteiger partial charge in [-0.15, -0.1) is 0 Å². The lowest BCUT2D eigenvalue weighted by Crippen LogP contribution is -1.96. The topological polar surface area (TPSA) is 56.0 Å². The lowest BCUT2D eigenvalue weighted by Gasteiger charge is -1.97. The maximum Gasteiger partial charge on any atom is 0.291 e. The minimum atomic E-state index is -0.448. The Kier molecular flexibility index (Phi) is 3.16. The van der Waals surface area contributed by atoms with Crippen LogP contribution in [0.25, 0.3) is 0 Å². The molecule has 6 heteroatoms. The number of nitrogens with zero attached hydrogens (tertiary/aromatic N) is 2. The first-order valence-corrected chi connectivity index (χ1v) is 4.92. The Labute approximate surface area is 85.4 Å². The number of nitro groups is 1. The molecule has 0 aliphatic carbocycles. The fourth-order valence-corrected chi connectivity index (χ4v) is 1.49. The summed E-state index contributed by atoms with van der Waals surface area (Å²) in [5.74, 6) is 0. The summed E-state index contributed by atoms with van der Waals surface area (Å²) < 4.78 is 0.600. The summed E-state index contributed by atoms with van der Waals surface area (Å²) in [5.41, 5.74) is 0.462. The molecule has 1 heterocycles. The van der Waals surface area contributed by atoms with E-state index >= 15 is 0 Å². The van der Waals surface area contributed by atoms with Gasteiger partial charge < -0.3 is 0 Å². The zero-order valence-electron chi connectivity index (χ0n) is 5.83. The van der Waals surface area contributed by atoms with Gasteiger partial charge in [-0.25, -0.2) is 4.98 Å². The van der Waals surface area contributed by atoms with Gasteiger partial charge in [0, 0.05) is 6.07 Å². The SMILES string of the molecule is O=[N+]([O-])c1ccc(Br)nc1CBr. The van der Waals surface area contributed by atoms with E-state index in [2.05, 4.69) is 36.8 Å². The molecule has 0 aliphatic rings. The Hall–Kier alpha value is -0.490. The second-order valence-electron chi connectivity index (χ2n) is 1.99. The predicted molar refractivity (Wildman–Crippen MR) is 51.2 cm³/mol. The highest BCUT2D eigenvalue weighted by atomic mass is 79.9. The van der Waals surface area contributed by atoms with E-state index in [0.29, 0.717) is 15.6 Å². The first-order valence-electron chi connectivity index (χ1n) is 3.01. The number of hydrogen-bond acceptors (Lipinski definition) is 3. The number of aromatic nitrogens is 1. The third-order valence-corrected chi connectivity index (χ3v) is 2.21. The van der Waals surface area contributed by atoms with Gasteiger partial charge in [-0.05, 0) is 22.0 Å². The van der Waals surface area contributed by atoms with Crippen LogP contribution in [-0.4, -0.2) is 9.91 Å². The third kappa shape index (κ3) is 2.01. The van der Waals surface area contributed by atoms with E-state index in [1.54, 1.807) is 6.07 Å². The number of rotatable bonds is 2. The Bertz CT molecular complexity index is 316. The van der Waals surface area contributed by atoms with Gasteiger partial charge in [0.05, 0.1) is 10.3 Å². The van der Waals surface area contributed by atoms with Gasteiger partial charge in [-0.2, -0.15) is 0 Å². The molecule has 0 saturated carbocycles. The molecular weight excluding hydrogens is 292 g/mol. The van der Waals surface area contributed by atoms with Crippen LogP contribution in [0.1, 0.15) is 5.69 Å². The molecule has 0 unspecified atom stereocenters. The van der Waals surface area contributed by atoms with Gasteiger partial charge in [-0.1, -0.05) is 15.9 Å². The smallest absolute Gasteiger partial charge is 0.258 e. The molecule has 0 N–H and O–H groups in total. The van der Waals surface area contributed by atoms with Crippen LogP contribution in [0.5, 0.6) is 0 Å². The Morgan fingerprint density at radius 3 is 2.75 bits per heavy atom. The highest BCUT2D eigenvalue weighted by Gasteiger charge is 2.13. The molecule has 0 atom stereocenters. The predicted octanol–water partition coefficient (Wildman–Crippen LogP) is 2.65. The van der Waals surface area contributed by atoms with Gasteiger partial charge in [0.1, 0.15) is 10.3 Å². The largest absolute Gasteiger partial charge is 0.291 e. The molecule has 0 aromatic carbocycles. The third-order valence-electron chi connectivity index (χ3n) is 1.24. The second kappa shape index (κ2) is 3.95. The molecule has 4 nitrogen and oxygen atoms in total. The summed E-state index contributed by atoms with van der Waals surface area (Å²) in [5, 5.41) is 10.8. The maximum atomic E-state index is 10.4. The Balaban J connectivity index is 3.20. The Morgan fingerprint density at radius 2 is 2.25 bits per heavy atom. The fourth-order valence-electron chi connectivity index (χ4n) is 0.732. The van der Waals surface area contributed by atoms with Crippen LogP contribution >= 0.6 is 31.9 Å². The van der Waals surface area contributed by atoms with Crippen molar-refractivity contribution in [1.82, 2.24) is 4.98 Å². The average Bonchev–Trinajstić information content (AvgIpc) is 2.03. The summed E-state index contributed by atoms with van der Waals surface area (Å²) in [7, 11) is 0. The molecule has 0 saturated heterocycles. The van der Waals surface area contributed by atoms with Crippen molar-refractivity contribution in [3.05, 3.63) is 32.5 Å². The molecule has 0 amide bonds. The summed E-state index contributed by atoms with van der Waals surface area (Å²) in [4.78, 5) is 13.9. The summed E-state index contributed by atoms with van der Waals surface area (Å²) in [6, 6.07) is 2.97. The quantitative estimate of drug-likeness (QED) is 0.365. The van der Waals surface area contributed by atoms with E-state index in [4.69, 9.17) is 0 Å². The van der Waals surface area contributed by atoms with Crippen molar-refractivity contribution in [3.8, 4) is 0 Å². The first kappa shape index (κ1) is 9.60. The van der Waals surface area contributed by atoms with Gasteiger partial charge in [0.25, 0.3) is 5.69 Å². The molecule has 0 fully saturated rings. The van der Waals surface area contributed by atoms with Gasteiger partial charge >= 0.3 is 0 Å². The number of halogens is 2. The fraction of sp³-hybridized carbons (Fsp3) is 0.167.